The molecule has 0 atom stereocenters. The van der Waals surface area contributed by atoms with E-state index in [9.17, 15) is 18.3 Å². The number of aromatic hydroxyl groups is 1. The van der Waals surface area contributed by atoms with Crippen molar-refractivity contribution in [2.24, 2.45) is 0 Å². The first-order valence-corrected chi connectivity index (χ1v) is 5.54. The Hall–Kier alpha value is -2.17. The predicted molar refractivity (Wildman–Crippen MR) is 63.9 cm³/mol. The van der Waals surface area contributed by atoms with E-state index < -0.39 is 17.5 Å². The molecule has 2 nitrogen and oxygen atoms in total. The zero-order valence-electron chi connectivity index (χ0n) is 9.82. The lowest BCUT2D eigenvalue weighted by Crippen LogP contribution is -2.06. The van der Waals surface area contributed by atoms with Crippen LogP contribution in [0.3, 0.4) is 0 Å². The van der Waals surface area contributed by atoms with Crippen LogP contribution in [0.5, 0.6) is 11.5 Å². The number of hydrogen-bond acceptors (Lipinski definition) is 2. The van der Waals surface area contributed by atoms with Crippen LogP contribution in [-0.4, -0.2) is 5.11 Å². The van der Waals surface area contributed by atoms with Crippen molar-refractivity contribution in [3.63, 3.8) is 0 Å². The average Bonchev–Trinajstić information content (AvgIpc) is 2.37. The summed E-state index contributed by atoms with van der Waals surface area (Å²) in [7, 11) is 0. The minimum atomic E-state index is -4.58. The molecule has 0 bridgehead atoms. The average molecular weight is 268 g/mol. The van der Waals surface area contributed by atoms with Gasteiger partial charge in [0.25, 0.3) is 0 Å². The lowest BCUT2D eigenvalue weighted by Gasteiger charge is -2.11. The molecule has 0 heterocycles. The van der Waals surface area contributed by atoms with Crippen LogP contribution in [0.25, 0.3) is 0 Å². The Morgan fingerprint density at radius 3 is 2.32 bits per heavy atom. The molecular formula is C14H11F3O2. The van der Waals surface area contributed by atoms with Crippen molar-refractivity contribution in [1.29, 1.82) is 0 Å². The first kappa shape index (κ1) is 13.3. The summed E-state index contributed by atoms with van der Waals surface area (Å²) in [4.78, 5) is 0. The maximum Gasteiger partial charge on any atom is 0.419 e. The fraction of sp³-hybridized carbons (Fsp3) is 0.143. The third kappa shape index (κ3) is 3.40. The minimum absolute atomic E-state index is 0.00731. The van der Waals surface area contributed by atoms with Crippen molar-refractivity contribution in [2.75, 3.05) is 0 Å². The van der Waals surface area contributed by atoms with Crippen molar-refractivity contribution >= 4 is 0 Å². The third-order valence-electron chi connectivity index (χ3n) is 2.52. The van der Waals surface area contributed by atoms with E-state index in [1.165, 1.54) is 6.07 Å². The van der Waals surface area contributed by atoms with Crippen LogP contribution in [-0.2, 0) is 12.8 Å². The number of phenols is 1. The van der Waals surface area contributed by atoms with E-state index in [4.69, 9.17) is 4.74 Å². The summed E-state index contributed by atoms with van der Waals surface area (Å²) < 4.78 is 43.1. The van der Waals surface area contributed by atoms with Gasteiger partial charge in [0.2, 0.25) is 0 Å². The van der Waals surface area contributed by atoms with E-state index in [1.54, 1.807) is 24.3 Å². The molecule has 0 aliphatic rings. The van der Waals surface area contributed by atoms with Gasteiger partial charge in [-0.15, -0.1) is 0 Å². The number of rotatable bonds is 3. The van der Waals surface area contributed by atoms with Crippen molar-refractivity contribution in [2.45, 2.75) is 12.8 Å². The molecule has 2 aromatic carbocycles. The Labute approximate surface area is 108 Å². The molecule has 0 unspecified atom stereocenters. The van der Waals surface area contributed by atoms with Crippen molar-refractivity contribution in [1.82, 2.24) is 0 Å². The van der Waals surface area contributed by atoms with E-state index in [1.807, 2.05) is 6.07 Å². The van der Waals surface area contributed by atoms with Gasteiger partial charge in [-0.2, -0.15) is 13.2 Å². The molecule has 5 heteroatoms. The highest BCUT2D eigenvalue weighted by molar-refractivity contribution is 5.38. The lowest BCUT2D eigenvalue weighted by molar-refractivity contribution is -0.138. The van der Waals surface area contributed by atoms with Gasteiger partial charge < -0.3 is 9.84 Å². The van der Waals surface area contributed by atoms with Gasteiger partial charge in [-0.05, 0) is 29.8 Å². The fourth-order valence-electron chi connectivity index (χ4n) is 1.58. The van der Waals surface area contributed by atoms with Crippen molar-refractivity contribution in [3.8, 4) is 11.5 Å². The lowest BCUT2D eigenvalue weighted by atomic mass is 10.1. The van der Waals surface area contributed by atoms with Crippen LogP contribution in [0.2, 0.25) is 0 Å². The second-order valence-corrected chi connectivity index (χ2v) is 3.95. The number of ether oxygens (including phenoxy) is 1. The van der Waals surface area contributed by atoms with E-state index >= 15 is 0 Å². The molecule has 2 rings (SSSR count). The molecule has 0 saturated carbocycles. The monoisotopic (exact) mass is 268 g/mol. The summed E-state index contributed by atoms with van der Waals surface area (Å²) in [5.41, 5.74) is -0.712. The fourth-order valence-corrected chi connectivity index (χ4v) is 1.58. The van der Waals surface area contributed by atoms with Crippen LogP contribution in [0.1, 0.15) is 11.1 Å². The number of para-hydroxylation sites is 1. The summed E-state index contributed by atoms with van der Waals surface area (Å²) in [5, 5.41) is 9.20. The van der Waals surface area contributed by atoms with Crippen LogP contribution >= 0.6 is 0 Å². The number of benzene rings is 2. The normalized spacial score (nSPS) is 11.3. The topological polar surface area (TPSA) is 29.5 Å². The molecule has 1 N–H and O–H groups in total. The van der Waals surface area contributed by atoms with E-state index in [2.05, 4.69) is 0 Å². The van der Waals surface area contributed by atoms with E-state index in [0.717, 1.165) is 12.1 Å². The Morgan fingerprint density at radius 1 is 1.00 bits per heavy atom. The minimum Gasteiger partial charge on any atom is -0.507 e. The predicted octanol–water partition coefficient (Wildman–Crippen LogP) is 3.99. The molecule has 0 aromatic heterocycles. The largest absolute Gasteiger partial charge is 0.507 e. The van der Waals surface area contributed by atoms with E-state index in [0.29, 0.717) is 11.3 Å². The van der Waals surface area contributed by atoms with Gasteiger partial charge in [0, 0.05) is 0 Å². The summed E-state index contributed by atoms with van der Waals surface area (Å²) in [5.74, 6) is -0.208. The standard InChI is InChI=1S/C14H11F3O2/c15-14(16,17)12-8-10(6-7-13(12)18)9-19-11-4-2-1-3-5-11/h1-8,18H,9H2. The molecule has 0 spiro atoms. The van der Waals surface area contributed by atoms with Gasteiger partial charge in [-0.1, -0.05) is 24.3 Å². The first-order valence-electron chi connectivity index (χ1n) is 5.54. The SMILES string of the molecule is Oc1ccc(COc2ccccc2)cc1C(F)(F)F. The first-order chi connectivity index (χ1) is 8.97. The van der Waals surface area contributed by atoms with Crippen LogP contribution in [0, 0.1) is 0 Å². The second kappa shape index (κ2) is 5.22. The summed E-state index contributed by atoms with van der Waals surface area (Å²) in [6, 6.07) is 12.1. The quantitative estimate of drug-likeness (QED) is 0.912. The van der Waals surface area contributed by atoms with Crippen molar-refractivity contribution in [3.05, 3.63) is 59.7 Å². The highest BCUT2D eigenvalue weighted by Gasteiger charge is 2.33. The van der Waals surface area contributed by atoms with Gasteiger partial charge in [0.15, 0.2) is 0 Å². The Kier molecular flexibility index (Phi) is 3.64. The van der Waals surface area contributed by atoms with Crippen LogP contribution in [0.15, 0.2) is 48.5 Å². The zero-order valence-corrected chi connectivity index (χ0v) is 9.82. The number of alkyl halides is 3. The number of phenolic OH excluding ortho intramolecular Hbond substituents is 1. The number of halogens is 3. The third-order valence-corrected chi connectivity index (χ3v) is 2.52. The Bertz CT molecular complexity index is 550. The molecule has 0 radical (unpaired) electrons. The zero-order chi connectivity index (χ0) is 13.9. The molecule has 0 fully saturated rings. The smallest absolute Gasteiger partial charge is 0.419 e. The van der Waals surface area contributed by atoms with Crippen LogP contribution in [0.4, 0.5) is 13.2 Å². The van der Waals surface area contributed by atoms with Gasteiger partial charge in [0.05, 0.1) is 5.56 Å². The Morgan fingerprint density at radius 2 is 1.68 bits per heavy atom. The van der Waals surface area contributed by atoms with Crippen LogP contribution < -0.4 is 4.74 Å². The van der Waals surface area contributed by atoms with Gasteiger partial charge in [0.1, 0.15) is 18.1 Å². The van der Waals surface area contributed by atoms with Gasteiger partial charge in [-0.25, -0.2) is 0 Å². The summed E-state index contributed by atoms with van der Waals surface area (Å²) >= 11 is 0. The Balaban J connectivity index is 2.14. The van der Waals surface area contributed by atoms with E-state index in [-0.39, 0.29) is 6.61 Å². The maximum atomic E-state index is 12.6. The van der Waals surface area contributed by atoms with Crippen molar-refractivity contribution < 1.29 is 23.0 Å². The molecule has 0 aliphatic heterocycles. The summed E-state index contributed by atoms with van der Waals surface area (Å²) in [6.45, 7) is 0.00731. The highest BCUT2D eigenvalue weighted by Crippen LogP contribution is 2.36. The maximum absolute atomic E-state index is 12.6. The molecule has 0 aliphatic carbocycles. The second-order valence-electron chi connectivity index (χ2n) is 3.95. The van der Waals surface area contributed by atoms with Gasteiger partial charge in [-0.3, -0.25) is 0 Å². The molecular weight excluding hydrogens is 257 g/mol. The molecule has 2 aromatic rings. The molecule has 0 amide bonds. The molecule has 100 valence electrons. The summed E-state index contributed by atoms with van der Waals surface area (Å²) in [6.07, 6.45) is -4.58. The number of hydrogen-bond donors (Lipinski definition) is 1. The molecule has 0 saturated heterocycles. The van der Waals surface area contributed by atoms with Gasteiger partial charge >= 0.3 is 6.18 Å². The molecule has 19 heavy (non-hydrogen) atoms. The highest BCUT2D eigenvalue weighted by atomic mass is 19.4.